The molecule has 0 radical (unpaired) electrons. The Kier molecular flexibility index (Phi) is 4.72. The van der Waals surface area contributed by atoms with Crippen molar-refractivity contribution >= 4 is 23.6 Å². The Morgan fingerprint density at radius 3 is 2.71 bits per heavy atom. The fourth-order valence-corrected chi connectivity index (χ4v) is 4.95. The fraction of sp³-hybridized carbons (Fsp3) is 0.550. The molecule has 2 N–H and O–H groups in total. The molecule has 8 heteroatoms. The molecule has 2 heterocycles. The number of carbonyl (C=O) groups is 3. The summed E-state index contributed by atoms with van der Waals surface area (Å²) in [6, 6.07) is 4.94. The molecule has 1 aromatic rings. The van der Waals surface area contributed by atoms with Crippen LogP contribution in [0.5, 0.6) is 0 Å². The SMILES string of the molecule is O=C(NC1CCCN(c2ccccc2F)C1=O)N1C[C@@H]2CCC[C@@]2(C(=O)O)C1. The van der Waals surface area contributed by atoms with Gasteiger partial charge >= 0.3 is 12.0 Å². The lowest BCUT2D eigenvalue weighted by Crippen LogP contribution is -2.55. The number of likely N-dealkylation sites (tertiary alicyclic amines) is 1. The maximum Gasteiger partial charge on any atom is 0.318 e. The lowest BCUT2D eigenvalue weighted by Gasteiger charge is -2.33. The highest BCUT2D eigenvalue weighted by Crippen LogP contribution is 2.48. The lowest BCUT2D eigenvalue weighted by atomic mass is 9.81. The van der Waals surface area contributed by atoms with Gasteiger partial charge < -0.3 is 20.2 Å². The summed E-state index contributed by atoms with van der Waals surface area (Å²) in [5, 5.41) is 12.4. The number of aliphatic carboxylic acids is 1. The van der Waals surface area contributed by atoms with Crippen molar-refractivity contribution in [2.75, 3.05) is 24.5 Å². The van der Waals surface area contributed by atoms with Gasteiger partial charge in [0.2, 0.25) is 5.91 Å². The molecule has 1 saturated carbocycles. The van der Waals surface area contributed by atoms with Crippen molar-refractivity contribution in [3.05, 3.63) is 30.1 Å². The number of fused-ring (bicyclic) bond motifs is 1. The van der Waals surface area contributed by atoms with Crippen LogP contribution in [-0.4, -0.2) is 53.6 Å². The molecule has 3 aliphatic rings. The van der Waals surface area contributed by atoms with Crippen LogP contribution < -0.4 is 10.2 Å². The number of carboxylic acids is 1. The van der Waals surface area contributed by atoms with Crippen LogP contribution in [-0.2, 0) is 9.59 Å². The number of hydrogen-bond acceptors (Lipinski definition) is 3. The van der Waals surface area contributed by atoms with Gasteiger partial charge in [-0.3, -0.25) is 9.59 Å². The van der Waals surface area contributed by atoms with E-state index < -0.39 is 29.3 Å². The summed E-state index contributed by atoms with van der Waals surface area (Å²) in [6.45, 7) is 0.979. The lowest BCUT2D eigenvalue weighted by molar-refractivity contribution is -0.149. The number of carboxylic acid groups (broad SMARTS) is 1. The molecular weight excluding hydrogens is 365 g/mol. The second-order valence-electron chi connectivity index (χ2n) is 8.02. The Hall–Kier alpha value is -2.64. The zero-order valence-electron chi connectivity index (χ0n) is 15.6. The summed E-state index contributed by atoms with van der Waals surface area (Å²) in [4.78, 5) is 40.3. The topological polar surface area (TPSA) is 90.0 Å². The molecule has 3 amide bonds. The minimum absolute atomic E-state index is 0.0345. The van der Waals surface area contributed by atoms with E-state index in [1.165, 1.54) is 15.9 Å². The van der Waals surface area contributed by atoms with Gasteiger partial charge in [0.05, 0.1) is 11.1 Å². The van der Waals surface area contributed by atoms with Gasteiger partial charge in [-0.25, -0.2) is 9.18 Å². The molecule has 4 rings (SSSR count). The quantitative estimate of drug-likeness (QED) is 0.830. The number of hydrogen-bond donors (Lipinski definition) is 2. The van der Waals surface area contributed by atoms with Gasteiger partial charge in [-0.1, -0.05) is 18.6 Å². The largest absolute Gasteiger partial charge is 0.481 e. The number of urea groups is 1. The monoisotopic (exact) mass is 389 g/mol. The van der Waals surface area contributed by atoms with Gasteiger partial charge in [-0.2, -0.15) is 0 Å². The van der Waals surface area contributed by atoms with Crippen molar-refractivity contribution in [2.24, 2.45) is 11.3 Å². The van der Waals surface area contributed by atoms with Crippen molar-refractivity contribution in [1.29, 1.82) is 0 Å². The number of rotatable bonds is 3. The maximum absolute atomic E-state index is 14.1. The smallest absolute Gasteiger partial charge is 0.318 e. The fourth-order valence-electron chi connectivity index (χ4n) is 4.95. The molecule has 1 unspecified atom stereocenters. The van der Waals surface area contributed by atoms with Crippen LogP contribution in [0.2, 0.25) is 0 Å². The van der Waals surface area contributed by atoms with Crippen molar-refractivity contribution in [3.63, 3.8) is 0 Å². The van der Waals surface area contributed by atoms with Gasteiger partial charge in [0, 0.05) is 19.6 Å². The van der Waals surface area contributed by atoms with E-state index in [-0.39, 0.29) is 24.1 Å². The predicted octanol–water partition coefficient (Wildman–Crippen LogP) is 2.22. The molecule has 7 nitrogen and oxygen atoms in total. The van der Waals surface area contributed by atoms with Gasteiger partial charge in [-0.05, 0) is 43.7 Å². The average Bonchev–Trinajstić information content (AvgIpc) is 3.23. The third-order valence-electron chi connectivity index (χ3n) is 6.46. The highest BCUT2D eigenvalue weighted by atomic mass is 19.1. The van der Waals surface area contributed by atoms with Crippen molar-refractivity contribution in [3.8, 4) is 0 Å². The summed E-state index contributed by atoms with van der Waals surface area (Å²) >= 11 is 0. The van der Waals surface area contributed by atoms with E-state index in [4.69, 9.17) is 0 Å². The van der Waals surface area contributed by atoms with Crippen molar-refractivity contribution in [2.45, 2.75) is 38.1 Å². The van der Waals surface area contributed by atoms with E-state index in [9.17, 15) is 23.9 Å². The summed E-state index contributed by atoms with van der Waals surface area (Å²) in [6.07, 6.45) is 3.38. The van der Waals surface area contributed by atoms with Gasteiger partial charge in [0.1, 0.15) is 11.9 Å². The molecule has 150 valence electrons. The Morgan fingerprint density at radius 1 is 1.21 bits per heavy atom. The highest BCUT2D eigenvalue weighted by Gasteiger charge is 2.56. The van der Waals surface area contributed by atoms with E-state index >= 15 is 0 Å². The van der Waals surface area contributed by atoms with Crippen LogP contribution in [0.4, 0.5) is 14.9 Å². The van der Waals surface area contributed by atoms with E-state index in [0.717, 1.165) is 12.8 Å². The number of anilines is 1. The normalized spacial score (nSPS) is 29.7. The molecule has 28 heavy (non-hydrogen) atoms. The molecule has 0 bridgehead atoms. The number of nitrogens with zero attached hydrogens (tertiary/aromatic N) is 2. The van der Waals surface area contributed by atoms with Crippen LogP contribution in [0.25, 0.3) is 0 Å². The van der Waals surface area contributed by atoms with Crippen LogP contribution in [0.1, 0.15) is 32.1 Å². The molecule has 2 saturated heterocycles. The van der Waals surface area contributed by atoms with E-state index in [2.05, 4.69) is 5.32 Å². The third-order valence-corrected chi connectivity index (χ3v) is 6.46. The molecule has 3 fully saturated rings. The average molecular weight is 389 g/mol. The Labute approximate surface area is 162 Å². The zero-order chi connectivity index (χ0) is 19.9. The molecule has 1 aromatic carbocycles. The first-order valence-corrected chi connectivity index (χ1v) is 9.77. The minimum Gasteiger partial charge on any atom is -0.481 e. The molecule has 0 spiro atoms. The Morgan fingerprint density at radius 2 is 2.00 bits per heavy atom. The summed E-state index contributed by atoms with van der Waals surface area (Å²) in [7, 11) is 0. The number of benzene rings is 1. The molecule has 0 aromatic heterocycles. The number of para-hydroxylation sites is 1. The second kappa shape index (κ2) is 7.07. The number of nitrogens with one attached hydrogen (secondary N) is 1. The summed E-state index contributed by atoms with van der Waals surface area (Å²) in [5.41, 5.74) is -0.639. The zero-order valence-corrected chi connectivity index (χ0v) is 15.6. The van der Waals surface area contributed by atoms with Crippen LogP contribution in [0, 0.1) is 17.2 Å². The van der Waals surface area contributed by atoms with Gasteiger partial charge in [-0.15, -0.1) is 0 Å². The molecular formula is C20H24FN3O4. The second-order valence-corrected chi connectivity index (χ2v) is 8.02. The Balaban J connectivity index is 1.44. The Bertz CT molecular complexity index is 816. The third kappa shape index (κ3) is 3.00. The number of carbonyl (C=O) groups excluding carboxylic acids is 2. The first-order valence-electron chi connectivity index (χ1n) is 9.77. The number of amides is 3. The number of piperidine rings is 1. The van der Waals surface area contributed by atoms with Crippen LogP contribution in [0.15, 0.2) is 24.3 Å². The van der Waals surface area contributed by atoms with Crippen LogP contribution >= 0.6 is 0 Å². The van der Waals surface area contributed by atoms with Gasteiger partial charge in [0.15, 0.2) is 0 Å². The van der Waals surface area contributed by atoms with E-state index in [1.54, 1.807) is 18.2 Å². The number of halogens is 1. The predicted molar refractivity (Wildman–Crippen MR) is 99.3 cm³/mol. The minimum atomic E-state index is -0.854. The molecule has 3 atom stereocenters. The summed E-state index contributed by atoms with van der Waals surface area (Å²) in [5.74, 6) is -1.69. The first-order chi connectivity index (χ1) is 13.4. The maximum atomic E-state index is 14.1. The van der Waals surface area contributed by atoms with Crippen molar-refractivity contribution < 1.29 is 23.9 Å². The van der Waals surface area contributed by atoms with Crippen molar-refractivity contribution in [1.82, 2.24) is 10.2 Å². The standard InChI is InChI=1S/C20H24FN3O4/c21-14-6-1-2-8-16(14)24-10-4-7-15(17(24)25)22-19(28)23-11-13-5-3-9-20(13,12-23)18(26)27/h1-2,6,8,13,15H,3-5,7,9-12H2,(H,22,28)(H,26,27)/t13-,15?,20+/m0/s1. The van der Waals surface area contributed by atoms with Gasteiger partial charge in [0.25, 0.3) is 0 Å². The summed E-state index contributed by atoms with van der Waals surface area (Å²) < 4.78 is 14.1. The molecule has 2 aliphatic heterocycles. The van der Waals surface area contributed by atoms with Crippen LogP contribution in [0.3, 0.4) is 0 Å². The highest BCUT2D eigenvalue weighted by molar-refractivity contribution is 6.00. The van der Waals surface area contributed by atoms with E-state index in [1.807, 2.05) is 0 Å². The first kappa shape index (κ1) is 18.7. The van der Waals surface area contributed by atoms with E-state index in [0.29, 0.717) is 32.4 Å². The molecule has 1 aliphatic carbocycles.